The molecule has 1 amide bonds. The van der Waals surface area contributed by atoms with Crippen molar-refractivity contribution in [1.29, 1.82) is 0 Å². The smallest absolute Gasteiger partial charge is 0.306 e. The number of unbranched alkanes of at least 4 members (excludes halogenated alkanes) is 1. The highest BCUT2D eigenvalue weighted by atomic mass is 35.5. The molecule has 0 radical (unpaired) electrons. The van der Waals surface area contributed by atoms with Crippen LogP contribution < -0.4 is 5.32 Å². The number of anilines is 1. The zero-order valence-electron chi connectivity index (χ0n) is 12.7. The van der Waals surface area contributed by atoms with E-state index in [1.807, 2.05) is 6.92 Å². The fraction of sp³-hybridized carbons (Fsp3) is 0.333. The zero-order valence-corrected chi connectivity index (χ0v) is 13.4. The molecule has 1 aromatic carbocycles. The molecule has 1 N–H and O–H groups in total. The number of hydrogen-bond acceptors (Lipinski definition) is 5. The summed E-state index contributed by atoms with van der Waals surface area (Å²) in [5, 5.41) is 7.14. The van der Waals surface area contributed by atoms with Gasteiger partial charge >= 0.3 is 5.97 Å². The van der Waals surface area contributed by atoms with E-state index in [1.54, 1.807) is 18.2 Å². The minimum absolute atomic E-state index is 0.311. The van der Waals surface area contributed by atoms with Crippen LogP contribution in [0.25, 0.3) is 5.69 Å². The summed E-state index contributed by atoms with van der Waals surface area (Å²) >= 11 is 5.96. The van der Waals surface area contributed by atoms with E-state index >= 15 is 0 Å². The van der Waals surface area contributed by atoms with Crippen molar-refractivity contribution >= 4 is 29.2 Å². The first-order valence-electron chi connectivity index (χ1n) is 7.20. The van der Waals surface area contributed by atoms with Crippen LogP contribution in [0.3, 0.4) is 0 Å². The van der Waals surface area contributed by atoms with Gasteiger partial charge in [-0.15, -0.1) is 0 Å². The van der Waals surface area contributed by atoms with Gasteiger partial charge in [0.05, 0.1) is 11.4 Å². The van der Waals surface area contributed by atoms with Gasteiger partial charge < -0.3 is 10.1 Å². The Labute approximate surface area is 138 Å². The van der Waals surface area contributed by atoms with Crippen LogP contribution in [0.2, 0.25) is 5.02 Å². The first-order valence-corrected chi connectivity index (χ1v) is 7.58. The molecule has 0 saturated heterocycles. The fourth-order valence-electron chi connectivity index (χ4n) is 1.87. The van der Waals surface area contributed by atoms with Gasteiger partial charge in [0.25, 0.3) is 5.91 Å². The van der Waals surface area contributed by atoms with Crippen molar-refractivity contribution in [2.24, 2.45) is 0 Å². The fourth-order valence-corrected chi connectivity index (χ4v) is 2.04. The second kappa shape index (κ2) is 8.28. The first-order chi connectivity index (χ1) is 11.1. The third-order valence-electron chi connectivity index (χ3n) is 3.00. The molecule has 0 fully saturated rings. The van der Waals surface area contributed by atoms with E-state index in [9.17, 15) is 9.59 Å². The largest absolute Gasteiger partial charge is 0.456 e. The summed E-state index contributed by atoms with van der Waals surface area (Å²) in [4.78, 5) is 27.2. The lowest BCUT2D eigenvalue weighted by Gasteiger charge is -2.11. The Morgan fingerprint density at radius 1 is 1.39 bits per heavy atom. The standard InChI is InChI=1S/C15H17ClN4O3/c1-2-3-4-15(22)23-8-14(21)19-12-7-11(16)5-6-13(12)20-10-17-9-18-20/h5-7,9-10H,2-4,8H2,1H3,(H,19,21). The van der Waals surface area contributed by atoms with Crippen molar-refractivity contribution in [1.82, 2.24) is 14.8 Å². The Hall–Kier alpha value is -2.41. The van der Waals surface area contributed by atoms with Gasteiger partial charge in [0.15, 0.2) is 6.61 Å². The van der Waals surface area contributed by atoms with Gasteiger partial charge in [-0.2, -0.15) is 5.10 Å². The predicted molar refractivity (Wildman–Crippen MR) is 85.5 cm³/mol. The molecule has 2 aromatic rings. The summed E-state index contributed by atoms with van der Waals surface area (Å²) in [5.74, 6) is -0.830. The lowest BCUT2D eigenvalue weighted by atomic mass is 10.2. The SMILES string of the molecule is CCCCC(=O)OCC(=O)Nc1cc(Cl)ccc1-n1cncn1. The molecule has 0 aliphatic carbocycles. The first kappa shape index (κ1) is 17.0. The quantitative estimate of drug-likeness (QED) is 0.785. The second-order valence-electron chi connectivity index (χ2n) is 4.81. The maximum Gasteiger partial charge on any atom is 0.306 e. The molecule has 1 heterocycles. The number of carbonyl (C=O) groups is 2. The van der Waals surface area contributed by atoms with Crippen LogP contribution in [0.1, 0.15) is 26.2 Å². The number of esters is 1. The van der Waals surface area contributed by atoms with Crippen LogP contribution in [0, 0.1) is 0 Å². The Balaban J connectivity index is 2.00. The van der Waals surface area contributed by atoms with Crippen LogP contribution in [0.4, 0.5) is 5.69 Å². The maximum atomic E-state index is 11.9. The van der Waals surface area contributed by atoms with Crippen molar-refractivity contribution in [2.75, 3.05) is 11.9 Å². The van der Waals surface area contributed by atoms with Gasteiger partial charge in [0.2, 0.25) is 0 Å². The average molecular weight is 337 g/mol. The van der Waals surface area contributed by atoms with E-state index in [-0.39, 0.29) is 12.6 Å². The van der Waals surface area contributed by atoms with Gasteiger partial charge in [-0.1, -0.05) is 24.9 Å². The van der Waals surface area contributed by atoms with E-state index < -0.39 is 5.91 Å². The predicted octanol–water partition coefficient (Wildman–Crippen LogP) is 2.59. The van der Waals surface area contributed by atoms with Gasteiger partial charge in [-0.05, 0) is 24.6 Å². The molecule has 0 spiro atoms. The molecular formula is C15H17ClN4O3. The molecule has 1 aromatic heterocycles. The zero-order chi connectivity index (χ0) is 16.7. The third kappa shape index (κ3) is 5.07. The van der Waals surface area contributed by atoms with Crippen molar-refractivity contribution in [3.63, 3.8) is 0 Å². The molecule has 0 bridgehead atoms. The van der Waals surface area contributed by atoms with E-state index in [0.717, 1.165) is 12.8 Å². The van der Waals surface area contributed by atoms with Crippen molar-refractivity contribution < 1.29 is 14.3 Å². The number of hydrogen-bond donors (Lipinski definition) is 1. The van der Waals surface area contributed by atoms with Crippen LogP contribution >= 0.6 is 11.6 Å². The second-order valence-corrected chi connectivity index (χ2v) is 5.25. The molecule has 122 valence electrons. The molecule has 2 rings (SSSR count). The lowest BCUT2D eigenvalue weighted by Crippen LogP contribution is -2.21. The Bertz CT molecular complexity index is 673. The number of aromatic nitrogens is 3. The highest BCUT2D eigenvalue weighted by Crippen LogP contribution is 2.23. The van der Waals surface area contributed by atoms with Gasteiger partial charge in [0, 0.05) is 11.4 Å². The van der Waals surface area contributed by atoms with Crippen LogP contribution in [-0.2, 0) is 14.3 Å². The number of halogens is 1. The molecule has 0 unspecified atom stereocenters. The molecule has 0 aliphatic rings. The summed E-state index contributed by atoms with van der Waals surface area (Å²) in [6.45, 7) is 1.64. The highest BCUT2D eigenvalue weighted by molar-refractivity contribution is 6.31. The van der Waals surface area contributed by atoms with E-state index in [0.29, 0.717) is 22.8 Å². The van der Waals surface area contributed by atoms with E-state index in [2.05, 4.69) is 15.4 Å². The number of carbonyl (C=O) groups excluding carboxylic acids is 2. The summed E-state index contributed by atoms with van der Waals surface area (Å²) in [6, 6.07) is 4.98. The van der Waals surface area contributed by atoms with E-state index in [1.165, 1.54) is 17.3 Å². The lowest BCUT2D eigenvalue weighted by molar-refractivity contribution is -0.147. The molecule has 7 nitrogen and oxygen atoms in total. The molecule has 8 heteroatoms. The van der Waals surface area contributed by atoms with E-state index in [4.69, 9.17) is 16.3 Å². The summed E-state index contributed by atoms with van der Waals surface area (Å²) in [6.07, 6.45) is 4.83. The number of ether oxygens (including phenoxy) is 1. The Morgan fingerprint density at radius 3 is 2.91 bits per heavy atom. The normalized spacial score (nSPS) is 10.3. The van der Waals surface area contributed by atoms with Gasteiger partial charge in [0.1, 0.15) is 12.7 Å². The van der Waals surface area contributed by atoms with Crippen molar-refractivity contribution in [2.45, 2.75) is 26.2 Å². The minimum Gasteiger partial charge on any atom is -0.456 e. The van der Waals surface area contributed by atoms with Crippen LogP contribution in [-0.4, -0.2) is 33.2 Å². The topological polar surface area (TPSA) is 86.1 Å². The molecular weight excluding hydrogens is 320 g/mol. The summed E-state index contributed by atoms with van der Waals surface area (Å²) in [5.41, 5.74) is 1.06. The highest BCUT2D eigenvalue weighted by Gasteiger charge is 2.12. The maximum absolute atomic E-state index is 11.9. The van der Waals surface area contributed by atoms with Crippen LogP contribution in [0.15, 0.2) is 30.9 Å². The molecule has 23 heavy (non-hydrogen) atoms. The minimum atomic E-state index is -0.446. The summed E-state index contributed by atoms with van der Waals surface area (Å²) in [7, 11) is 0. The molecule has 0 aliphatic heterocycles. The number of amides is 1. The van der Waals surface area contributed by atoms with Crippen LogP contribution in [0.5, 0.6) is 0 Å². The number of nitrogens with zero attached hydrogens (tertiary/aromatic N) is 3. The van der Waals surface area contributed by atoms with Gasteiger partial charge in [-0.25, -0.2) is 9.67 Å². The summed E-state index contributed by atoms with van der Waals surface area (Å²) < 4.78 is 6.42. The number of rotatable bonds is 7. The molecule has 0 atom stereocenters. The van der Waals surface area contributed by atoms with Crippen molar-refractivity contribution in [3.05, 3.63) is 35.9 Å². The number of benzene rings is 1. The Kier molecular flexibility index (Phi) is 6.10. The Morgan fingerprint density at radius 2 is 2.22 bits per heavy atom. The average Bonchev–Trinajstić information content (AvgIpc) is 3.05. The molecule has 0 saturated carbocycles. The monoisotopic (exact) mass is 336 g/mol. The van der Waals surface area contributed by atoms with Crippen molar-refractivity contribution in [3.8, 4) is 5.69 Å². The third-order valence-corrected chi connectivity index (χ3v) is 3.23. The van der Waals surface area contributed by atoms with Gasteiger partial charge in [-0.3, -0.25) is 9.59 Å². The number of nitrogens with one attached hydrogen (secondary N) is 1.